The lowest BCUT2D eigenvalue weighted by molar-refractivity contribution is 0.0955. The number of nitrogens with two attached hydrogens (primary N) is 1. The van der Waals surface area contributed by atoms with Gasteiger partial charge in [-0.2, -0.15) is 0 Å². The van der Waals surface area contributed by atoms with Gasteiger partial charge in [-0.3, -0.25) is 18.7 Å². The van der Waals surface area contributed by atoms with Crippen molar-refractivity contribution in [2.75, 3.05) is 26.4 Å². The topological polar surface area (TPSA) is 90.3 Å². The Labute approximate surface area is 158 Å². The van der Waals surface area contributed by atoms with Crippen molar-refractivity contribution >= 4 is 23.2 Å². The lowest BCUT2D eigenvalue weighted by Crippen LogP contribution is -2.45. The van der Waals surface area contributed by atoms with Crippen molar-refractivity contribution < 1.29 is 13.6 Å². The summed E-state index contributed by atoms with van der Waals surface area (Å²) in [6, 6.07) is 1.62. The van der Waals surface area contributed by atoms with Crippen LogP contribution in [-0.4, -0.2) is 40.5 Å². The van der Waals surface area contributed by atoms with Crippen molar-refractivity contribution in [2.24, 2.45) is 0 Å². The molecule has 2 aromatic rings. The van der Waals surface area contributed by atoms with Crippen molar-refractivity contribution in [1.29, 1.82) is 0 Å². The van der Waals surface area contributed by atoms with Gasteiger partial charge in [0, 0.05) is 18.2 Å². The van der Waals surface area contributed by atoms with Gasteiger partial charge in [-0.1, -0.05) is 11.6 Å². The van der Waals surface area contributed by atoms with Crippen LogP contribution in [0.25, 0.3) is 0 Å². The fourth-order valence-corrected chi connectivity index (χ4v) is 2.82. The summed E-state index contributed by atoms with van der Waals surface area (Å²) in [5.41, 5.74) is 3.87. The minimum atomic E-state index is -0.946. The summed E-state index contributed by atoms with van der Waals surface area (Å²) in [5, 5.41) is -0.328. The maximum absolute atomic E-state index is 14.1. The Morgan fingerprint density at radius 3 is 2.37 bits per heavy atom. The van der Waals surface area contributed by atoms with Gasteiger partial charge in [0.15, 0.2) is 5.78 Å². The number of hydrogen-bond acceptors (Lipinski definition) is 5. The number of benzene rings is 1. The number of likely N-dealkylation sites (N-methyl/N-ethyl adjacent to an activating group) is 1. The lowest BCUT2D eigenvalue weighted by Gasteiger charge is -2.17. The van der Waals surface area contributed by atoms with Crippen molar-refractivity contribution in [1.82, 2.24) is 14.0 Å². The molecule has 1 heterocycles. The highest BCUT2D eigenvalue weighted by Gasteiger charge is 2.23. The summed E-state index contributed by atoms with van der Waals surface area (Å²) in [4.78, 5) is 39.1. The number of rotatable bonds is 6. The molecule has 0 bridgehead atoms. The van der Waals surface area contributed by atoms with Gasteiger partial charge >= 0.3 is 5.69 Å². The van der Waals surface area contributed by atoms with Crippen LogP contribution in [0.1, 0.15) is 22.8 Å². The molecule has 0 amide bonds. The van der Waals surface area contributed by atoms with E-state index in [0.717, 1.165) is 15.2 Å². The Kier molecular flexibility index (Phi) is 6.17. The van der Waals surface area contributed by atoms with Crippen LogP contribution in [0.2, 0.25) is 5.02 Å². The largest absolute Gasteiger partial charge is 0.384 e. The molecule has 0 saturated carbocycles. The van der Waals surface area contributed by atoms with Crippen LogP contribution in [0.4, 0.5) is 14.6 Å². The van der Waals surface area contributed by atoms with E-state index in [9.17, 15) is 23.2 Å². The fourth-order valence-electron chi connectivity index (χ4n) is 2.63. The van der Waals surface area contributed by atoms with E-state index in [1.165, 1.54) is 0 Å². The fraction of sp³-hybridized carbons (Fsp3) is 0.353. The molecule has 0 saturated heterocycles. The van der Waals surface area contributed by atoms with Crippen LogP contribution in [0.3, 0.4) is 0 Å². The minimum Gasteiger partial charge on any atom is -0.384 e. The molecule has 0 aliphatic rings. The number of anilines is 1. The van der Waals surface area contributed by atoms with Crippen LogP contribution >= 0.6 is 11.6 Å². The van der Waals surface area contributed by atoms with Crippen LogP contribution in [0.5, 0.6) is 0 Å². The molecule has 7 nitrogen and oxygen atoms in total. The molecule has 0 aliphatic carbocycles. The van der Waals surface area contributed by atoms with Crippen molar-refractivity contribution in [3.63, 3.8) is 0 Å². The third-order valence-electron chi connectivity index (χ3n) is 3.94. The SMILES string of the molecule is CCn1c(=O)c(C(=O)CN(C)C)c(N)n(Cc2cc(Cl)c(F)cc2F)c1=O. The van der Waals surface area contributed by atoms with Gasteiger partial charge in [0.2, 0.25) is 0 Å². The first-order chi connectivity index (χ1) is 12.6. The molecule has 146 valence electrons. The van der Waals surface area contributed by atoms with Gasteiger partial charge in [-0.25, -0.2) is 13.6 Å². The molecule has 27 heavy (non-hydrogen) atoms. The lowest BCUT2D eigenvalue weighted by atomic mass is 10.1. The molecule has 1 aromatic heterocycles. The molecule has 2 rings (SSSR count). The van der Waals surface area contributed by atoms with Gasteiger partial charge in [-0.05, 0) is 27.1 Å². The third kappa shape index (κ3) is 4.09. The van der Waals surface area contributed by atoms with Gasteiger partial charge < -0.3 is 10.6 Å². The van der Waals surface area contributed by atoms with Crippen molar-refractivity contribution in [3.05, 3.63) is 60.8 Å². The highest BCUT2D eigenvalue weighted by Crippen LogP contribution is 2.21. The summed E-state index contributed by atoms with van der Waals surface area (Å²) in [6.07, 6.45) is 0. The molecule has 0 spiro atoms. The third-order valence-corrected chi connectivity index (χ3v) is 4.23. The van der Waals surface area contributed by atoms with E-state index in [0.29, 0.717) is 6.07 Å². The number of ketones is 1. The molecule has 0 fully saturated rings. The van der Waals surface area contributed by atoms with Gasteiger partial charge in [0.25, 0.3) is 5.56 Å². The second-order valence-electron chi connectivity index (χ2n) is 6.20. The normalized spacial score (nSPS) is 11.2. The average molecular weight is 401 g/mol. The van der Waals surface area contributed by atoms with Crippen molar-refractivity contribution in [2.45, 2.75) is 20.0 Å². The van der Waals surface area contributed by atoms with Crippen LogP contribution in [0.15, 0.2) is 21.7 Å². The van der Waals surface area contributed by atoms with Crippen LogP contribution in [0, 0.1) is 11.6 Å². The smallest absolute Gasteiger partial charge is 0.332 e. The quantitative estimate of drug-likeness (QED) is 0.583. The summed E-state index contributed by atoms with van der Waals surface area (Å²) >= 11 is 5.68. The monoisotopic (exact) mass is 400 g/mol. The summed E-state index contributed by atoms with van der Waals surface area (Å²) in [6.45, 7) is 1.03. The molecule has 1 aromatic carbocycles. The molecule has 0 unspecified atom stereocenters. The number of aromatic nitrogens is 2. The summed E-state index contributed by atoms with van der Waals surface area (Å²) in [7, 11) is 3.27. The van der Waals surface area contributed by atoms with E-state index >= 15 is 0 Å². The molecule has 0 atom stereocenters. The standard InChI is InChI=1S/C17H19ClF2N4O3/c1-4-23-16(26)14(13(25)8-22(2)3)15(21)24(17(23)27)7-9-5-10(18)12(20)6-11(9)19/h5-6H,4,7-8,21H2,1-3H3. The second kappa shape index (κ2) is 8.01. The Hall–Kier alpha value is -2.52. The predicted molar refractivity (Wildman–Crippen MR) is 98.4 cm³/mol. The zero-order chi connectivity index (χ0) is 20.5. The molecular formula is C17H19ClF2N4O3. The first kappa shape index (κ1) is 20.8. The van der Waals surface area contributed by atoms with Gasteiger partial charge in [0.1, 0.15) is 23.0 Å². The number of carbonyl (C=O) groups is 1. The molecular weight excluding hydrogens is 382 g/mol. The first-order valence-corrected chi connectivity index (χ1v) is 8.40. The summed E-state index contributed by atoms with van der Waals surface area (Å²) in [5.74, 6) is -2.82. The Bertz CT molecular complexity index is 1010. The van der Waals surface area contributed by atoms with E-state index < -0.39 is 35.2 Å². The van der Waals surface area contributed by atoms with Gasteiger partial charge in [-0.15, -0.1) is 0 Å². The van der Waals surface area contributed by atoms with Gasteiger partial charge in [0.05, 0.1) is 18.1 Å². The van der Waals surface area contributed by atoms with E-state index in [-0.39, 0.29) is 35.1 Å². The van der Waals surface area contributed by atoms with E-state index in [4.69, 9.17) is 17.3 Å². The number of halogens is 3. The zero-order valence-corrected chi connectivity index (χ0v) is 15.8. The van der Waals surface area contributed by atoms with E-state index in [2.05, 4.69) is 0 Å². The molecule has 0 radical (unpaired) electrons. The van der Waals surface area contributed by atoms with Crippen molar-refractivity contribution in [3.8, 4) is 0 Å². The maximum Gasteiger partial charge on any atom is 0.332 e. The second-order valence-corrected chi connectivity index (χ2v) is 6.60. The van der Waals surface area contributed by atoms with Crippen LogP contribution in [-0.2, 0) is 13.1 Å². The number of Topliss-reactive ketones (excluding diaryl/α,β-unsaturated/α-hetero) is 1. The minimum absolute atomic E-state index is 0.00710. The molecule has 0 aliphatic heterocycles. The maximum atomic E-state index is 14.1. The molecule has 10 heteroatoms. The Morgan fingerprint density at radius 2 is 1.81 bits per heavy atom. The Morgan fingerprint density at radius 1 is 1.19 bits per heavy atom. The average Bonchev–Trinajstić information content (AvgIpc) is 2.55. The highest BCUT2D eigenvalue weighted by atomic mass is 35.5. The predicted octanol–water partition coefficient (Wildman–Crippen LogP) is 1.34. The molecule has 2 N–H and O–H groups in total. The number of nitrogen functional groups attached to an aromatic ring is 1. The Balaban J connectivity index is 2.70. The number of carbonyl (C=O) groups excluding carboxylic acids is 1. The zero-order valence-electron chi connectivity index (χ0n) is 15.1. The number of hydrogen-bond donors (Lipinski definition) is 1. The van der Waals surface area contributed by atoms with Crippen LogP contribution < -0.4 is 17.0 Å². The number of nitrogens with zero attached hydrogens (tertiary/aromatic N) is 3. The first-order valence-electron chi connectivity index (χ1n) is 8.02. The summed E-state index contributed by atoms with van der Waals surface area (Å²) < 4.78 is 29.2. The highest BCUT2D eigenvalue weighted by molar-refractivity contribution is 6.30. The van der Waals surface area contributed by atoms with E-state index in [1.54, 1.807) is 25.9 Å². The van der Waals surface area contributed by atoms with E-state index in [1.807, 2.05) is 0 Å².